The van der Waals surface area contributed by atoms with Gasteiger partial charge in [-0.25, -0.2) is 4.79 Å². The average molecular weight is 314 g/mol. The van der Waals surface area contributed by atoms with Gasteiger partial charge >= 0.3 is 11.9 Å². The molecule has 2 aliphatic carbocycles. The van der Waals surface area contributed by atoms with Gasteiger partial charge in [0.05, 0.1) is 12.5 Å². The molecular weight excluding hydrogens is 296 g/mol. The third-order valence-electron chi connectivity index (χ3n) is 6.19. The first-order valence-electron chi connectivity index (χ1n) is 8.30. The maximum absolute atomic E-state index is 13.0. The van der Waals surface area contributed by atoms with Gasteiger partial charge in [0.15, 0.2) is 0 Å². The van der Waals surface area contributed by atoms with Crippen molar-refractivity contribution >= 4 is 11.9 Å². The lowest BCUT2D eigenvalue weighted by Crippen LogP contribution is -2.48. The summed E-state index contributed by atoms with van der Waals surface area (Å²) in [7, 11) is 0. The first-order chi connectivity index (χ1) is 11.1. The molecule has 0 bridgehead atoms. The molecule has 23 heavy (non-hydrogen) atoms. The van der Waals surface area contributed by atoms with Crippen LogP contribution in [0.4, 0.5) is 0 Å². The lowest BCUT2D eigenvalue weighted by Gasteiger charge is -2.45. The van der Waals surface area contributed by atoms with E-state index in [0.29, 0.717) is 0 Å². The maximum atomic E-state index is 13.0. The zero-order chi connectivity index (χ0) is 15.8. The summed E-state index contributed by atoms with van der Waals surface area (Å²) in [4.78, 5) is 25.2. The molecule has 1 aromatic rings. The molecule has 5 atom stereocenters. The van der Waals surface area contributed by atoms with Crippen molar-refractivity contribution in [3.63, 3.8) is 0 Å². The molecule has 4 aliphatic rings. The van der Waals surface area contributed by atoms with Crippen LogP contribution in [-0.4, -0.2) is 18.0 Å². The van der Waals surface area contributed by atoms with E-state index < -0.39 is 5.41 Å². The Labute approximate surface area is 133 Å². The largest absolute Gasteiger partial charge is 0.472 e. The summed E-state index contributed by atoms with van der Waals surface area (Å²) in [5.74, 6) is -0.128. The summed E-state index contributed by atoms with van der Waals surface area (Å²) >= 11 is 0. The Bertz CT molecular complexity index is 731. The molecular formula is C18H18O5. The van der Waals surface area contributed by atoms with Gasteiger partial charge in [0.1, 0.15) is 17.6 Å². The van der Waals surface area contributed by atoms with Crippen LogP contribution in [0.15, 0.2) is 34.2 Å². The molecule has 3 heterocycles. The van der Waals surface area contributed by atoms with Gasteiger partial charge in [0.25, 0.3) is 0 Å². The molecule has 1 spiro atoms. The topological polar surface area (TPSA) is 65.7 Å². The molecule has 1 saturated heterocycles. The van der Waals surface area contributed by atoms with Crippen molar-refractivity contribution in [2.24, 2.45) is 17.3 Å². The van der Waals surface area contributed by atoms with E-state index in [2.05, 4.69) is 6.92 Å². The van der Waals surface area contributed by atoms with Crippen molar-refractivity contribution in [1.82, 2.24) is 0 Å². The third-order valence-corrected chi connectivity index (χ3v) is 6.19. The minimum Gasteiger partial charge on any atom is -0.472 e. The molecule has 120 valence electrons. The minimum absolute atomic E-state index is 0.0450. The van der Waals surface area contributed by atoms with Gasteiger partial charge in [-0.2, -0.15) is 0 Å². The van der Waals surface area contributed by atoms with Crippen LogP contribution in [0, 0.1) is 17.3 Å². The van der Waals surface area contributed by atoms with Gasteiger partial charge in [0, 0.05) is 17.1 Å². The fourth-order valence-electron chi connectivity index (χ4n) is 5.43. The number of hydrogen-bond acceptors (Lipinski definition) is 5. The van der Waals surface area contributed by atoms with Crippen LogP contribution < -0.4 is 0 Å². The molecule has 1 aromatic heterocycles. The fourth-order valence-corrected chi connectivity index (χ4v) is 5.43. The highest BCUT2D eigenvalue weighted by molar-refractivity contribution is 5.97. The zero-order valence-corrected chi connectivity index (χ0v) is 12.9. The van der Waals surface area contributed by atoms with E-state index in [1.165, 1.54) is 0 Å². The van der Waals surface area contributed by atoms with Crippen LogP contribution in [0.25, 0.3) is 0 Å². The van der Waals surface area contributed by atoms with Crippen LogP contribution in [0.1, 0.15) is 44.3 Å². The van der Waals surface area contributed by atoms with Gasteiger partial charge in [-0.05, 0) is 43.2 Å². The normalized spacial score (nSPS) is 41.4. The van der Waals surface area contributed by atoms with Crippen LogP contribution in [0.3, 0.4) is 0 Å². The Morgan fingerprint density at radius 1 is 1.26 bits per heavy atom. The smallest absolute Gasteiger partial charge is 0.334 e. The Balaban J connectivity index is 1.71. The monoisotopic (exact) mass is 314 g/mol. The third kappa shape index (κ3) is 1.48. The van der Waals surface area contributed by atoms with Crippen LogP contribution in [-0.2, 0) is 19.1 Å². The van der Waals surface area contributed by atoms with Gasteiger partial charge in [-0.1, -0.05) is 6.92 Å². The number of cyclic esters (lactones) is 1. The predicted molar refractivity (Wildman–Crippen MR) is 78.0 cm³/mol. The fraction of sp³-hybridized carbons (Fsp3) is 0.556. The average Bonchev–Trinajstić information content (AvgIpc) is 3.21. The molecule has 5 rings (SSSR count). The Morgan fingerprint density at radius 2 is 2.13 bits per heavy atom. The summed E-state index contributed by atoms with van der Waals surface area (Å²) in [6.45, 7) is 2.14. The lowest BCUT2D eigenvalue weighted by atomic mass is 9.54. The molecule has 0 radical (unpaired) electrons. The molecule has 0 unspecified atom stereocenters. The SMILES string of the molecule is C[C@@H]1C[C@H]2OC(=O)C3=C2[C@]2(CCC3)C(=O)O[C@@H](c3ccoc3)[C@@H]12. The number of esters is 2. The van der Waals surface area contributed by atoms with Gasteiger partial charge in [-0.3, -0.25) is 4.79 Å². The molecule has 2 fully saturated rings. The molecule has 2 aliphatic heterocycles. The van der Waals surface area contributed by atoms with E-state index >= 15 is 0 Å². The number of furan rings is 1. The van der Waals surface area contributed by atoms with Gasteiger partial charge in [0.2, 0.25) is 0 Å². The van der Waals surface area contributed by atoms with Crippen LogP contribution in [0.2, 0.25) is 0 Å². The highest BCUT2D eigenvalue weighted by Gasteiger charge is 2.68. The second-order valence-electron chi connectivity index (χ2n) is 7.23. The second-order valence-corrected chi connectivity index (χ2v) is 7.23. The zero-order valence-electron chi connectivity index (χ0n) is 12.9. The van der Waals surface area contributed by atoms with Crippen LogP contribution >= 0.6 is 0 Å². The van der Waals surface area contributed by atoms with Crippen molar-refractivity contribution in [3.05, 3.63) is 35.3 Å². The molecule has 0 aromatic carbocycles. The Hall–Kier alpha value is -2.04. The summed E-state index contributed by atoms with van der Waals surface area (Å²) in [6, 6.07) is 1.87. The van der Waals surface area contributed by atoms with Crippen molar-refractivity contribution < 1.29 is 23.5 Å². The summed E-state index contributed by atoms with van der Waals surface area (Å²) in [5, 5.41) is 0. The summed E-state index contributed by atoms with van der Waals surface area (Å²) in [6.07, 6.45) is 5.80. The number of ether oxygens (including phenoxy) is 2. The predicted octanol–water partition coefficient (Wildman–Crippen LogP) is 2.93. The van der Waals surface area contributed by atoms with Crippen molar-refractivity contribution in [3.8, 4) is 0 Å². The summed E-state index contributed by atoms with van der Waals surface area (Å²) < 4.78 is 16.6. The lowest BCUT2D eigenvalue weighted by molar-refractivity contribution is -0.149. The molecule has 5 nitrogen and oxygen atoms in total. The number of carbonyl (C=O) groups excluding carboxylic acids is 2. The highest BCUT2D eigenvalue weighted by atomic mass is 16.6. The van der Waals surface area contributed by atoms with E-state index in [4.69, 9.17) is 13.9 Å². The Kier molecular flexibility index (Phi) is 2.49. The van der Waals surface area contributed by atoms with Gasteiger partial charge < -0.3 is 13.9 Å². The first kappa shape index (κ1) is 13.4. The second kappa shape index (κ2) is 4.28. The van der Waals surface area contributed by atoms with E-state index in [-0.39, 0.29) is 36.0 Å². The number of hydrogen-bond donors (Lipinski definition) is 0. The molecule has 1 saturated carbocycles. The molecule has 5 heteroatoms. The van der Waals surface area contributed by atoms with Gasteiger partial charge in [-0.15, -0.1) is 0 Å². The van der Waals surface area contributed by atoms with Crippen molar-refractivity contribution in [2.45, 2.75) is 44.8 Å². The highest BCUT2D eigenvalue weighted by Crippen LogP contribution is 2.65. The van der Waals surface area contributed by atoms with E-state index in [9.17, 15) is 9.59 Å². The summed E-state index contributed by atoms with van der Waals surface area (Å²) in [5.41, 5.74) is 1.91. The number of carbonyl (C=O) groups is 2. The van der Waals surface area contributed by atoms with E-state index in [0.717, 1.165) is 42.4 Å². The standard InChI is InChI=1S/C18H18O5/c1-9-7-12-14-11(16(19)22-12)3-2-5-18(14)13(9)15(23-17(18)20)10-4-6-21-8-10/h4,6,8-9,12-13,15H,2-3,5,7H2,1H3/t9-,12-,13-,15+,18-/m1/s1. The van der Waals surface area contributed by atoms with Crippen molar-refractivity contribution in [2.75, 3.05) is 0 Å². The van der Waals surface area contributed by atoms with Crippen LogP contribution in [0.5, 0.6) is 0 Å². The van der Waals surface area contributed by atoms with E-state index in [1.54, 1.807) is 12.5 Å². The Morgan fingerprint density at radius 3 is 2.91 bits per heavy atom. The number of rotatable bonds is 1. The maximum Gasteiger partial charge on any atom is 0.334 e. The van der Waals surface area contributed by atoms with Crippen molar-refractivity contribution in [1.29, 1.82) is 0 Å². The first-order valence-corrected chi connectivity index (χ1v) is 8.30. The van der Waals surface area contributed by atoms with E-state index in [1.807, 2.05) is 6.07 Å². The molecule has 0 amide bonds. The molecule has 0 N–H and O–H groups in total. The quantitative estimate of drug-likeness (QED) is 0.746. The minimum atomic E-state index is -0.677.